The molecule has 2 N–H and O–H groups in total. The molecule has 7 heteroatoms. The summed E-state index contributed by atoms with van der Waals surface area (Å²) in [4.78, 5) is 22.1. The first-order valence-electron chi connectivity index (χ1n) is 6.49. The van der Waals surface area contributed by atoms with Crippen LogP contribution in [0.25, 0.3) is 6.08 Å². The predicted molar refractivity (Wildman–Crippen MR) is 82.8 cm³/mol. The van der Waals surface area contributed by atoms with E-state index in [1.807, 2.05) is 0 Å². The molecule has 0 amide bonds. The van der Waals surface area contributed by atoms with Gasteiger partial charge in [-0.2, -0.15) is 0 Å². The van der Waals surface area contributed by atoms with Gasteiger partial charge in [0.2, 0.25) is 0 Å². The van der Waals surface area contributed by atoms with Gasteiger partial charge in [-0.05, 0) is 35.9 Å². The number of hydrogen-bond donors (Lipinski definition) is 2. The molecule has 0 atom stereocenters. The van der Waals surface area contributed by atoms with Gasteiger partial charge in [0.05, 0.1) is 12.0 Å². The van der Waals surface area contributed by atoms with Gasteiger partial charge in [0.15, 0.2) is 23.0 Å². The molecule has 0 saturated heterocycles. The quantitative estimate of drug-likeness (QED) is 0.380. The summed E-state index contributed by atoms with van der Waals surface area (Å²) in [6.07, 6.45) is 2.63. The maximum absolute atomic E-state index is 12.1. The standard InChI is InChI=1S/C16H13NO6/c1-23-16-9-11(4-7-15(16)20)13(18)5-2-10-3-6-14(19)12(8-10)17(21)22/h2-9,19-20H,1H3/b5-2+. The van der Waals surface area contributed by atoms with E-state index < -0.39 is 16.4 Å². The molecule has 0 heterocycles. The van der Waals surface area contributed by atoms with Gasteiger partial charge in [0.1, 0.15) is 0 Å². The van der Waals surface area contributed by atoms with Crippen molar-refractivity contribution in [1.29, 1.82) is 0 Å². The minimum Gasteiger partial charge on any atom is -0.504 e. The van der Waals surface area contributed by atoms with Crippen LogP contribution in [0.15, 0.2) is 42.5 Å². The molecule has 0 saturated carbocycles. The van der Waals surface area contributed by atoms with E-state index in [2.05, 4.69) is 0 Å². The molecule has 7 nitrogen and oxygen atoms in total. The summed E-state index contributed by atoms with van der Waals surface area (Å²) in [5, 5.41) is 29.6. The zero-order valence-electron chi connectivity index (χ0n) is 12.1. The van der Waals surface area contributed by atoms with Gasteiger partial charge in [-0.1, -0.05) is 12.1 Å². The molecule has 0 unspecified atom stereocenters. The number of phenols is 2. The number of nitro groups is 1. The number of phenolic OH excluding ortho intramolecular Hbond substituents is 2. The van der Waals surface area contributed by atoms with Crippen molar-refractivity contribution in [2.45, 2.75) is 0 Å². The molecule has 0 aromatic heterocycles. The van der Waals surface area contributed by atoms with Crippen LogP contribution in [-0.4, -0.2) is 28.0 Å². The smallest absolute Gasteiger partial charge is 0.311 e. The fraction of sp³-hybridized carbons (Fsp3) is 0.0625. The second kappa shape index (κ2) is 6.61. The summed E-state index contributed by atoms with van der Waals surface area (Å²) in [5.74, 6) is -0.715. The number of carbonyl (C=O) groups excluding carboxylic acids is 1. The summed E-state index contributed by atoms with van der Waals surface area (Å²) in [7, 11) is 1.37. The van der Waals surface area contributed by atoms with E-state index in [1.165, 1.54) is 49.6 Å². The number of nitro benzene ring substituents is 1. The lowest BCUT2D eigenvalue weighted by Gasteiger charge is -2.04. The Kier molecular flexibility index (Phi) is 4.61. The van der Waals surface area contributed by atoms with Gasteiger partial charge in [0.25, 0.3) is 0 Å². The van der Waals surface area contributed by atoms with E-state index in [9.17, 15) is 25.1 Å². The number of carbonyl (C=O) groups is 1. The second-order valence-electron chi connectivity index (χ2n) is 4.59. The average molecular weight is 315 g/mol. The molecule has 2 aromatic carbocycles. The van der Waals surface area contributed by atoms with Crippen LogP contribution < -0.4 is 4.74 Å². The Morgan fingerprint density at radius 1 is 1.17 bits per heavy atom. The summed E-state index contributed by atoms with van der Waals surface area (Å²) >= 11 is 0. The van der Waals surface area contributed by atoms with Crippen LogP contribution in [0.5, 0.6) is 17.2 Å². The summed E-state index contributed by atoms with van der Waals surface area (Å²) < 4.78 is 4.92. The lowest BCUT2D eigenvalue weighted by atomic mass is 10.1. The van der Waals surface area contributed by atoms with Crippen molar-refractivity contribution in [3.05, 3.63) is 63.7 Å². The highest BCUT2D eigenvalue weighted by molar-refractivity contribution is 6.07. The van der Waals surface area contributed by atoms with E-state index >= 15 is 0 Å². The Bertz CT molecular complexity index is 797. The van der Waals surface area contributed by atoms with Gasteiger partial charge in [-0.25, -0.2) is 0 Å². The molecule has 0 bridgehead atoms. The van der Waals surface area contributed by atoms with E-state index in [4.69, 9.17) is 4.74 Å². The molecule has 0 aliphatic carbocycles. The third kappa shape index (κ3) is 3.65. The van der Waals surface area contributed by atoms with Crippen LogP contribution in [0.3, 0.4) is 0 Å². The molecule has 0 aliphatic rings. The van der Waals surface area contributed by atoms with Crippen LogP contribution in [0.1, 0.15) is 15.9 Å². The van der Waals surface area contributed by atoms with Gasteiger partial charge < -0.3 is 14.9 Å². The molecule has 2 rings (SSSR count). The lowest BCUT2D eigenvalue weighted by molar-refractivity contribution is -0.385. The number of ether oxygens (including phenoxy) is 1. The monoisotopic (exact) mass is 315 g/mol. The van der Waals surface area contributed by atoms with Gasteiger partial charge >= 0.3 is 5.69 Å². The topological polar surface area (TPSA) is 110 Å². The van der Waals surface area contributed by atoms with Crippen LogP contribution in [0.2, 0.25) is 0 Å². The van der Waals surface area contributed by atoms with Crippen molar-refractivity contribution >= 4 is 17.5 Å². The first-order chi connectivity index (χ1) is 10.9. The molecular weight excluding hydrogens is 302 g/mol. The van der Waals surface area contributed by atoms with E-state index in [-0.39, 0.29) is 17.3 Å². The Labute approximate surface area is 131 Å². The molecule has 0 fully saturated rings. The highest BCUT2D eigenvalue weighted by Gasteiger charge is 2.13. The SMILES string of the molecule is COc1cc(C(=O)/C=C/c2ccc(O)c([N+](=O)[O-])c2)ccc1O. The summed E-state index contributed by atoms with van der Waals surface area (Å²) in [5.41, 5.74) is 0.253. The van der Waals surface area contributed by atoms with Crippen LogP contribution in [-0.2, 0) is 0 Å². The van der Waals surface area contributed by atoms with Crippen molar-refractivity contribution in [3.8, 4) is 17.2 Å². The van der Waals surface area contributed by atoms with Gasteiger partial charge in [-0.15, -0.1) is 0 Å². The first-order valence-corrected chi connectivity index (χ1v) is 6.49. The largest absolute Gasteiger partial charge is 0.504 e. The van der Waals surface area contributed by atoms with Crippen molar-refractivity contribution in [3.63, 3.8) is 0 Å². The van der Waals surface area contributed by atoms with Crippen LogP contribution in [0.4, 0.5) is 5.69 Å². The maximum atomic E-state index is 12.1. The van der Waals surface area contributed by atoms with Crippen LogP contribution >= 0.6 is 0 Å². The number of hydrogen-bond acceptors (Lipinski definition) is 6. The number of benzene rings is 2. The Hall–Kier alpha value is -3.35. The first kappa shape index (κ1) is 16.0. The lowest BCUT2D eigenvalue weighted by Crippen LogP contribution is -1.95. The van der Waals surface area contributed by atoms with Crippen molar-refractivity contribution in [2.75, 3.05) is 7.11 Å². The highest BCUT2D eigenvalue weighted by Crippen LogP contribution is 2.28. The highest BCUT2D eigenvalue weighted by atomic mass is 16.6. The van der Waals surface area contributed by atoms with Crippen molar-refractivity contribution in [2.24, 2.45) is 0 Å². The van der Waals surface area contributed by atoms with E-state index in [1.54, 1.807) is 0 Å². The Morgan fingerprint density at radius 2 is 1.87 bits per heavy atom. The summed E-state index contributed by atoms with van der Waals surface area (Å²) in [6, 6.07) is 7.96. The third-order valence-corrected chi connectivity index (χ3v) is 3.09. The number of methoxy groups -OCH3 is 1. The van der Waals surface area contributed by atoms with E-state index in [0.29, 0.717) is 11.1 Å². The molecule has 23 heavy (non-hydrogen) atoms. The van der Waals surface area contributed by atoms with Gasteiger partial charge in [-0.3, -0.25) is 14.9 Å². The summed E-state index contributed by atoms with van der Waals surface area (Å²) in [6.45, 7) is 0. The van der Waals surface area contributed by atoms with Crippen molar-refractivity contribution < 1.29 is 24.7 Å². The molecule has 0 radical (unpaired) electrons. The van der Waals surface area contributed by atoms with Crippen LogP contribution in [0, 0.1) is 10.1 Å². The normalized spacial score (nSPS) is 10.7. The zero-order chi connectivity index (χ0) is 17.0. The molecule has 2 aromatic rings. The fourth-order valence-corrected chi connectivity index (χ4v) is 1.89. The minimum absolute atomic E-state index is 0.0813. The third-order valence-electron chi connectivity index (χ3n) is 3.09. The average Bonchev–Trinajstić information content (AvgIpc) is 2.54. The number of allylic oxidation sites excluding steroid dienone is 1. The number of aromatic hydroxyl groups is 2. The van der Waals surface area contributed by atoms with Crippen molar-refractivity contribution in [1.82, 2.24) is 0 Å². The molecule has 0 aliphatic heterocycles. The number of rotatable bonds is 5. The predicted octanol–water partition coefficient (Wildman–Crippen LogP) is 2.91. The number of ketones is 1. The zero-order valence-corrected chi connectivity index (χ0v) is 12.1. The van der Waals surface area contributed by atoms with E-state index in [0.717, 1.165) is 6.07 Å². The van der Waals surface area contributed by atoms with Gasteiger partial charge in [0, 0.05) is 11.6 Å². The molecular formula is C16H13NO6. The fourth-order valence-electron chi connectivity index (χ4n) is 1.89. The molecule has 0 spiro atoms. The Morgan fingerprint density at radius 3 is 2.52 bits per heavy atom. The minimum atomic E-state index is -0.709. The second-order valence-corrected chi connectivity index (χ2v) is 4.59. The Balaban J connectivity index is 2.25. The maximum Gasteiger partial charge on any atom is 0.311 e. The number of nitrogens with zero attached hydrogens (tertiary/aromatic N) is 1. The molecule has 118 valence electrons.